The van der Waals surface area contributed by atoms with Crippen LogP contribution in [-0.2, 0) is 11.8 Å². The fourth-order valence-electron chi connectivity index (χ4n) is 3.73. The van der Waals surface area contributed by atoms with E-state index in [0.717, 1.165) is 23.2 Å². The van der Waals surface area contributed by atoms with Crippen molar-refractivity contribution in [2.45, 2.75) is 48.9 Å². The number of aliphatic hydroxyl groups is 1. The minimum absolute atomic E-state index is 0.00404. The van der Waals surface area contributed by atoms with Gasteiger partial charge in [-0.15, -0.1) is 11.8 Å². The number of halogens is 4. The fraction of sp³-hybridized carbons (Fsp3) is 0.381. The third kappa shape index (κ3) is 4.41. The molecule has 4 nitrogen and oxygen atoms in total. The summed E-state index contributed by atoms with van der Waals surface area (Å²) >= 11 is 1.41. The molecule has 2 aromatic heterocycles. The molecule has 0 saturated heterocycles. The number of fused-ring (bicyclic) bond motifs is 1. The topological polar surface area (TPSA) is 69.1 Å². The molecule has 0 spiro atoms. The van der Waals surface area contributed by atoms with Crippen LogP contribution in [0, 0.1) is 5.82 Å². The molecular weight excluding hydrogens is 420 g/mol. The molecule has 0 aliphatic carbocycles. The second kappa shape index (κ2) is 7.77. The predicted octanol–water partition coefficient (Wildman–Crippen LogP) is 5.33. The first-order chi connectivity index (χ1) is 13.8. The van der Waals surface area contributed by atoms with Gasteiger partial charge < -0.3 is 15.2 Å². The van der Waals surface area contributed by atoms with Crippen LogP contribution in [0.5, 0.6) is 5.75 Å². The summed E-state index contributed by atoms with van der Waals surface area (Å²) in [6.45, 7) is 2.86. The Labute approximate surface area is 175 Å². The van der Waals surface area contributed by atoms with Crippen molar-refractivity contribution in [3.05, 3.63) is 53.6 Å². The first-order valence-electron chi connectivity index (χ1n) is 9.14. The Morgan fingerprint density at radius 2 is 1.83 bits per heavy atom. The Kier molecular flexibility index (Phi) is 5.81. The maximum atomic E-state index is 14.0. The highest BCUT2D eigenvalue weighted by molar-refractivity contribution is 7.98. The Morgan fingerprint density at radius 1 is 1.13 bits per heavy atom. The zero-order valence-corrected chi connectivity index (χ0v) is 17.5. The van der Waals surface area contributed by atoms with Crippen LogP contribution >= 0.6 is 11.8 Å². The molecule has 162 valence electrons. The molecule has 1 aromatic carbocycles. The third-order valence-electron chi connectivity index (χ3n) is 5.18. The average molecular weight is 442 g/mol. The molecule has 0 saturated carbocycles. The number of aromatic nitrogens is 2. The summed E-state index contributed by atoms with van der Waals surface area (Å²) in [5, 5.41) is 22.2. The summed E-state index contributed by atoms with van der Waals surface area (Å²) < 4.78 is 55.6. The van der Waals surface area contributed by atoms with Crippen LogP contribution in [0.4, 0.5) is 17.6 Å². The van der Waals surface area contributed by atoms with Gasteiger partial charge in [0.25, 0.3) is 0 Å². The van der Waals surface area contributed by atoms with E-state index >= 15 is 0 Å². The lowest BCUT2D eigenvalue weighted by molar-refractivity contribution is -0.266. The second-order valence-electron chi connectivity index (χ2n) is 8.04. The molecule has 3 aromatic rings. The van der Waals surface area contributed by atoms with Crippen molar-refractivity contribution < 1.29 is 27.8 Å². The molecule has 1 unspecified atom stereocenters. The van der Waals surface area contributed by atoms with Crippen molar-refractivity contribution in [1.82, 2.24) is 9.97 Å². The van der Waals surface area contributed by atoms with Crippen LogP contribution in [0.25, 0.3) is 10.9 Å². The number of aromatic hydroxyl groups is 1. The quantitative estimate of drug-likeness (QED) is 0.356. The zero-order valence-electron chi connectivity index (χ0n) is 16.6. The van der Waals surface area contributed by atoms with E-state index < -0.39 is 35.9 Å². The van der Waals surface area contributed by atoms with Crippen molar-refractivity contribution in [3.8, 4) is 5.75 Å². The normalized spacial score (nSPS) is 14.8. The smallest absolute Gasteiger partial charge is 0.417 e. The van der Waals surface area contributed by atoms with Gasteiger partial charge in [0, 0.05) is 23.1 Å². The van der Waals surface area contributed by atoms with Gasteiger partial charge in [0.05, 0.1) is 16.7 Å². The van der Waals surface area contributed by atoms with Gasteiger partial charge in [0.15, 0.2) is 5.60 Å². The molecule has 0 fully saturated rings. The average Bonchev–Trinajstić information content (AvgIpc) is 3.03. The number of rotatable bonds is 6. The van der Waals surface area contributed by atoms with Gasteiger partial charge in [0.2, 0.25) is 0 Å². The standard InChI is InChI=1S/C21H22F4N2O2S/c1-19(2,15-8-13(22)4-5-17(15)28)11-20(29,21(23,24)25)9-14-6-12-7-18(30-3)26-10-16(12)27-14/h4-8,10,27-29H,9,11H2,1-3H3. The van der Waals surface area contributed by atoms with E-state index in [-0.39, 0.29) is 17.0 Å². The maximum Gasteiger partial charge on any atom is 0.417 e. The predicted molar refractivity (Wildman–Crippen MR) is 108 cm³/mol. The maximum absolute atomic E-state index is 14.0. The highest BCUT2D eigenvalue weighted by atomic mass is 32.2. The Bertz CT molecular complexity index is 1060. The van der Waals surface area contributed by atoms with Crippen LogP contribution < -0.4 is 0 Å². The molecular formula is C21H22F4N2O2S. The van der Waals surface area contributed by atoms with Crippen molar-refractivity contribution in [2.24, 2.45) is 0 Å². The highest BCUT2D eigenvalue weighted by Gasteiger charge is 2.56. The molecule has 0 amide bonds. The monoisotopic (exact) mass is 442 g/mol. The first-order valence-corrected chi connectivity index (χ1v) is 10.4. The number of nitrogens with one attached hydrogen (secondary N) is 1. The van der Waals surface area contributed by atoms with Crippen LogP contribution in [-0.4, -0.2) is 38.2 Å². The van der Waals surface area contributed by atoms with Crippen LogP contribution in [0.15, 0.2) is 41.6 Å². The van der Waals surface area contributed by atoms with Crippen molar-refractivity contribution >= 4 is 22.7 Å². The van der Waals surface area contributed by atoms with Gasteiger partial charge in [-0.1, -0.05) is 13.8 Å². The molecule has 3 rings (SSSR count). The highest BCUT2D eigenvalue weighted by Crippen LogP contribution is 2.45. The lowest BCUT2D eigenvalue weighted by Crippen LogP contribution is -2.50. The molecule has 9 heteroatoms. The van der Waals surface area contributed by atoms with E-state index in [9.17, 15) is 27.8 Å². The van der Waals surface area contributed by atoms with E-state index in [4.69, 9.17) is 0 Å². The number of hydrogen-bond donors (Lipinski definition) is 3. The summed E-state index contributed by atoms with van der Waals surface area (Å²) in [6, 6.07) is 6.41. The van der Waals surface area contributed by atoms with Crippen molar-refractivity contribution in [1.29, 1.82) is 0 Å². The first kappa shape index (κ1) is 22.4. The second-order valence-corrected chi connectivity index (χ2v) is 8.86. The number of aromatic amines is 1. The number of alkyl halides is 3. The van der Waals surface area contributed by atoms with E-state index in [1.54, 1.807) is 12.1 Å². The molecule has 0 bridgehead atoms. The van der Waals surface area contributed by atoms with Gasteiger partial charge >= 0.3 is 6.18 Å². The SMILES string of the molecule is CSc1cc2cc(CC(O)(CC(C)(C)c3cc(F)ccc3O)C(F)(F)F)[nH]c2cn1. The molecule has 0 radical (unpaired) electrons. The molecule has 3 N–H and O–H groups in total. The number of thioether (sulfide) groups is 1. The van der Waals surface area contributed by atoms with E-state index in [1.807, 2.05) is 6.26 Å². The van der Waals surface area contributed by atoms with Crippen LogP contribution in [0.3, 0.4) is 0 Å². The molecule has 0 aliphatic heterocycles. The Balaban J connectivity index is 1.97. The molecule has 0 aliphatic rings. The largest absolute Gasteiger partial charge is 0.508 e. The number of pyridine rings is 1. The number of hydrogen-bond acceptors (Lipinski definition) is 4. The molecule has 30 heavy (non-hydrogen) atoms. The number of phenols is 1. The number of benzene rings is 1. The van der Waals surface area contributed by atoms with Crippen molar-refractivity contribution in [2.75, 3.05) is 6.26 Å². The summed E-state index contributed by atoms with van der Waals surface area (Å²) in [5.41, 5.74) is -3.71. The van der Waals surface area contributed by atoms with E-state index in [1.165, 1.54) is 31.8 Å². The molecule has 1 atom stereocenters. The Morgan fingerprint density at radius 3 is 2.47 bits per heavy atom. The number of phenolic OH excluding ortho intramolecular Hbond substituents is 1. The van der Waals surface area contributed by atoms with E-state index in [2.05, 4.69) is 9.97 Å². The minimum atomic E-state index is -4.95. The van der Waals surface area contributed by atoms with Crippen molar-refractivity contribution in [3.63, 3.8) is 0 Å². The van der Waals surface area contributed by atoms with Gasteiger partial charge in [-0.25, -0.2) is 9.37 Å². The third-order valence-corrected chi connectivity index (χ3v) is 5.82. The van der Waals surface area contributed by atoms with Gasteiger partial charge in [-0.2, -0.15) is 13.2 Å². The van der Waals surface area contributed by atoms with Gasteiger partial charge in [-0.3, -0.25) is 0 Å². The zero-order chi connectivity index (χ0) is 22.3. The van der Waals surface area contributed by atoms with Gasteiger partial charge in [-0.05, 0) is 48.4 Å². The van der Waals surface area contributed by atoms with Gasteiger partial charge in [0.1, 0.15) is 11.6 Å². The van der Waals surface area contributed by atoms with E-state index in [0.29, 0.717) is 10.9 Å². The lowest BCUT2D eigenvalue weighted by atomic mass is 9.73. The Hall–Kier alpha value is -2.26. The number of H-pyrrole nitrogens is 1. The minimum Gasteiger partial charge on any atom is -0.508 e. The van der Waals surface area contributed by atoms with Crippen LogP contribution in [0.2, 0.25) is 0 Å². The molecule has 2 heterocycles. The summed E-state index contributed by atoms with van der Waals surface area (Å²) in [5.74, 6) is -1.01. The summed E-state index contributed by atoms with van der Waals surface area (Å²) in [4.78, 5) is 7.06. The number of nitrogens with zero attached hydrogens (tertiary/aromatic N) is 1. The summed E-state index contributed by atoms with van der Waals surface area (Å²) in [7, 11) is 0. The fourth-order valence-corrected chi connectivity index (χ4v) is 4.14. The summed E-state index contributed by atoms with van der Waals surface area (Å²) in [6.07, 6.45) is -3.07. The lowest BCUT2D eigenvalue weighted by Gasteiger charge is -2.38. The van der Waals surface area contributed by atoms with Crippen LogP contribution in [0.1, 0.15) is 31.5 Å².